The number of phenols is 1. The minimum atomic E-state index is 0.0450. The van der Waals surface area contributed by atoms with Crippen LogP contribution in [0.1, 0.15) is 0 Å². The Hall–Kier alpha value is -3.73. The molecule has 0 spiro atoms. The van der Waals surface area contributed by atoms with E-state index in [4.69, 9.17) is 4.74 Å². The van der Waals surface area contributed by atoms with Crippen LogP contribution in [0.15, 0.2) is 85.2 Å². The molecule has 3 aromatic carbocycles. The van der Waals surface area contributed by atoms with Gasteiger partial charge in [-0.1, -0.05) is 48.5 Å². The van der Waals surface area contributed by atoms with Crippen LogP contribution in [0.4, 0.5) is 0 Å². The van der Waals surface area contributed by atoms with E-state index in [9.17, 15) is 5.11 Å². The highest BCUT2D eigenvalue weighted by molar-refractivity contribution is 5.67. The van der Waals surface area contributed by atoms with E-state index in [0.717, 1.165) is 5.56 Å². The number of hydrogen-bond acceptors (Lipinski definition) is 5. The summed E-state index contributed by atoms with van der Waals surface area (Å²) < 4.78 is 5.73. The molecule has 0 aliphatic carbocycles. The lowest BCUT2D eigenvalue weighted by molar-refractivity contribution is 0.456. The molecule has 4 rings (SSSR count). The van der Waals surface area contributed by atoms with Crippen LogP contribution in [-0.2, 0) is 0 Å². The van der Waals surface area contributed by atoms with Crippen molar-refractivity contribution < 1.29 is 9.84 Å². The average molecular weight is 341 g/mol. The van der Waals surface area contributed by atoms with E-state index in [-0.39, 0.29) is 5.75 Å². The fraction of sp³-hybridized carbons (Fsp3) is 0. The first-order valence-electron chi connectivity index (χ1n) is 8.10. The van der Waals surface area contributed by atoms with Gasteiger partial charge in [-0.2, -0.15) is 0 Å². The van der Waals surface area contributed by atoms with Crippen molar-refractivity contribution in [2.45, 2.75) is 0 Å². The fourth-order valence-electron chi connectivity index (χ4n) is 2.54. The van der Waals surface area contributed by atoms with Crippen LogP contribution in [-0.4, -0.2) is 20.1 Å². The van der Waals surface area contributed by atoms with E-state index in [1.807, 2.05) is 60.7 Å². The Labute approximate surface area is 150 Å². The first-order valence-corrected chi connectivity index (χ1v) is 8.10. The van der Waals surface area contributed by atoms with Crippen molar-refractivity contribution in [1.82, 2.24) is 15.0 Å². The summed E-state index contributed by atoms with van der Waals surface area (Å²) in [6.45, 7) is 0. The van der Waals surface area contributed by atoms with E-state index < -0.39 is 0 Å². The molecule has 0 saturated carbocycles. The largest absolute Gasteiger partial charge is 0.507 e. The lowest BCUT2D eigenvalue weighted by Gasteiger charge is -2.09. The Morgan fingerprint density at radius 1 is 0.692 bits per heavy atom. The maximum atomic E-state index is 10.4. The molecule has 126 valence electrons. The van der Waals surface area contributed by atoms with E-state index >= 15 is 0 Å². The summed E-state index contributed by atoms with van der Waals surface area (Å²) in [4.78, 5) is 12.9. The lowest BCUT2D eigenvalue weighted by atomic mass is 10.1. The minimum absolute atomic E-state index is 0.0450. The monoisotopic (exact) mass is 341 g/mol. The maximum Gasteiger partial charge on any atom is 0.167 e. The van der Waals surface area contributed by atoms with Gasteiger partial charge in [-0.3, -0.25) is 0 Å². The molecule has 0 saturated heterocycles. The number of nitrogens with zero attached hydrogens (tertiary/aromatic N) is 3. The Morgan fingerprint density at radius 3 is 2.12 bits per heavy atom. The van der Waals surface area contributed by atoms with Crippen LogP contribution in [0.25, 0.3) is 22.8 Å². The van der Waals surface area contributed by atoms with E-state index in [1.165, 1.54) is 6.33 Å². The van der Waals surface area contributed by atoms with Crippen molar-refractivity contribution in [3.63, 3.8) is 0 Å². The highest BCUT2D eigenvalue weighted by atomic mass is 16.5. The summed E-state index contributed by atoms with van der Waals surface area (Å²) in [6.07, 6.45) is 1.44. The number of ether oxygens (including phenoxy) is 1. The molecule has 1 aromatic heterocycles. The van der Waals surface area contributed by atoms with Gasteiger partial charge in [0.05, 0.1) is 5.56 Å². The third kappa shape index (κ3) is 3.37. The Bertz CT molecular complexity index is 1020. The van der Waals surface area contributed by atoms with Crippen LogP contribution in [0.3, 0.4) is 0 Å². The van der Waals surface area contributed by atoms with Crippen molar-refractivity contribution in [2.24, 2.45) is 0 Å². The van der Waals surface area contributed by atoms with E-state index in [1.54, 1.807) is 18.2 Å². The van der Waals surface area contributed by atoms with Crippen molar-refractivity contribution in [3.05, 3.63) is 85.2 Å². The van der Waals surface area contributed by atoms with Crippen LogP contribution >= 0.6 is 0 Å². The topological polar surface area (TPSA) is 68.1 Å². The van der Waals surface area contributed by atoms with Crippen molar-refractivity contribution >= 4 is 0 Å². The Kier molecular flexibility index (Phi) is 4.26. The number of phenolic OH excluding ortho intramolecular Hbond substituents is 1. The van der Waals surface area contributed by atoms with Gasteiger partial charge in [-0.15, -0.1) is 0 Å². The summed E-state index contributed by atoms with van der Waals surface area (Å²) in [5.41, 5.74) is 1.41. The molecule has 4 aromatic rings. The number of aromatic nitrogens is 3. The lowest BCUT2D eigenvalue weighted by Crippen LogP contribution is -1.95. The van der Waals surface area contributed by atoms with Gasteiger partial charge in [-0.05, 0) is 24.3 Å². The molecule has 26 heavy (non-hydrogen) atoms. The third-order valence-corrected chi connectivity index (χ3v) is 3.79. The molecule has 0 bridgehead atoms. The highest BCUT2D eigenvalue weighted by Crippen LogP contribution is 2.32. The third-order valence-electron chi connectivity index (χ3n) is 3.79. The molecule has 0 aliphatic rings. The van der Waals surface area contributed by atoms with Gasteiger partial charge in [-0.25, -0.2) is 15.0 Å². The van der Waals surface area contributed by atoms with Crippen LogP contribution < -0.4 is 4.74 Å². The van der Waals surface area contributed by atoms with Crippen LogP contribution in [0.5, 0.6) is 17.2 Å². The van der Waals surface area contributed by atoms with Gasteiger partial charge >= 0.3 is 0 Å². The first-order chi connectivity index (χ1) is 12.8. The average Bonchev–Trinajstić information content (AvgIpc) is 2.70. The predicted octanol–water partition coefficient (Wildman–Crippen LogP) is 4.70. The van der Waals surface area contributed by atoms with Crippen LogP contribution in [0, 0.1) is 0 Å². The summed E-state index contributed by atoms with van der Waals surface area (Å²) in [5.74, 6) is 2.24. The van der Waals surface area contributed by atoms with E-state index in [2.05, 4.69) is 15.0 Å². The van der Waals surface area contributed by atoms with Crippen LogP contribution in [0.2, 0.25) is 0 Å². The normalized spacial score (nSPS) is 10.5. The molecular weight excluding hydrogens is 326 g/mol. The summed E-state index contributed by atoms with van der Waals surface area (Å²) in [7, 11) is 0. The number of para-hydroxylation sites is 1. The van der Waals surface area contributed by atoms with E-state index in [0.29, 0.717) is 28.7 Å². The zero-order valence-electron chi connectivity index (χ0n) is 13.8. The van der Waals surface area contributed by atoms with Gasteiger partial charge in [0.1, 0.15) is 23.6 Å². The molecule has 0 atom stereocenters. The zero-order valence-corrected chi connectivity index (χ0v) is 13.8. The van der Waals surface area contributed by atoms with Gasteiger partial charge in [0.25, 0.3) is 0 Å². The molecule has 0 aliphatic heterocycles. The second-order valence-electron chi connectivity index (χ2n) is 5.59. The SMILES string of the molecule is Oc1cc(Oc2ccccc2)ccc1-c1ncnc(-c2ccccc2)n1. The maximum absolute atomic E-state index is 10.4. The number of aromatic hydroxyl groups is 1. The molecule has 0 unspecified atom stereocenters. The molecule has 1 N–H and O–H groups in total. The quantitative estimate of drug-likeness (QED) is 0.582. The van der Waals surface area contributed by atoms with Crippen molar-refractivity contribution in [2.75, 3.05) is 0 Å². The minimum Gasteiger partial charge on any atom is -0.507 e. The predicted molar refractivity (Wildman–Crippen MR) is 98.9 cm³/mol. The van der Waals surface area contributed by atoms with Gasteiger partial charge in [0, 0.05) is 11.6 Å². The van der Waals surface area contributed by atoms with Gasteiger partial charge in [0.2, 0.25) is 0 Å². The van der Waals surface area contributed by atoms with Crippen molar-refractivity contribution in [3.8, 4) is 40.0 Å². The highest BCUT2D eigenvalue weighted by Gasteiger charge is 2.11. The molecule has 5 nitrogen and oxygen atoms in total. The second kappa shape index (κ2) is 7.03. The Morgan fingerprint density at radius 2 is 1.38 bits per heavy atom. The smallest absolute Gasteiger partial charge is 0.167 e. The molecule has 1 heterocycles. The number of hydrogen-bond donors (Lipinski definition) is 1. The summed E-state index contributed by atoms with van der Waals surface area (Å²) in [6, 6.07) is 24.1. The molecular formula is C21H15N3O2. The fourth-order valence-corrected chi connectivity index (χ4v) is 2.54. The summed E-state index contributed by atoms with van der Waals surface area (Å²) in [5, 5.41) is 10.4. The summed E-state index contributed by atoms with van der Waals surface area (Å²) >= 11 is 0. The zero-order chi connectivity index (χ0) is 17.8. The molecule has 0 radical (unpaired) electrons. The number of benzene rings is 3. The second-order valence-corrected chi connectivity index (χ2v) is 5.59. The van der Waals surface area contributed by atoms with Gasteiger partial charge in [0.15, 0.2) is 11.6 Å². The number of rotatable bonds is 4. The molecule has 5 heteroatoms. The Balaban J connectivity index is 1.64. The van der Waals surface area contributed by atoms with Gasteiger partial charge < -0.3 is 9.84 Å². The van der Waals surface area contributed by atoms with Crippen molar-refractivity contribution in [1.29, 1.82) is 0 Å². The molecule has 0 fully saturated rings. The first kappa shape index (κ1) is 15.8. The molecule has 0 amide bonds. The standard InChI is InChI=1S/C21H15N3O2/c25-19-13-17(26-16-9-5-2-6-10-16)11-12-18(19)21-23-14-22-20(24-21)15-7-3-1-4-8-15/h1-14,25H.